The average Bonchev–Trinajstić information content (AvgIpc) is 3.11. The number of hydrogen-bond acceptors (Lipinski definition) is 6. The van der Waals surface area contributed by atoms with Crippen LogP contribution in [0.1, 0.15) is 12.8 Å². The van der Waals surface area contributed by atoms with Crippen LogP contribution >= 0.6 is 34.4 Å². The van der Waals surface area contributed by atoms with Gasteiger partial charge < -0.3 is 10.7 Å². The second-order valence-corrected chi connectivity index (χ2v) is 7.49. The maximum atomic E-state index is 12.3. The van der Waals surface area contributed by atoms with Gasteiger partial charge in [-0.15, -0.1) is 22.7 Å². The summed E-state index contributed by atoms with van der Waals surface area (Å²) in [6.07, 6.45) is 1.02. The third kappa shape index (κ3) is 3.23. The Morgan fingerprint density at radius 3 is 3.00 bits per heavy atom. The van der Waals surface area contributed by atoms with E-state index in [-0.39, 0.29) is 11.5 Å². The predicted molar refractivity (Wildman–Crippen MR) is 92.7 cm³/mol. The van der Waals surface area contributed by atoms with E-state index in [0.29, 0.717) is 29.1 Å². The minimum Gasteiger partial charge on any atom is -0.370 e. The summed E-state index contributed by atoms with van der Waals surface area (Å²) in [5.41, 5.74) is 5.92. The molecular weight excluding hydrogens is 338 g/mol. The van der Waals surface area contributed by atoms with E-state index in [4.69, 9.17) is 5.73 Å². The van der Waals surface area contributed by atoms with Crippen molar-refractivity contribution in [2.24, 2.45) is 5.73 Å². The molecule has 3 heterocycles. The molecule has 0 bridgehead atoms. The summed E-state index contributed by atoms with van der Waals surface area (Å²) < 4.78 is 0. The molecule has 3 aromatic rings. The first-order valence-corrected chi connectivity index (χ1v) is 9.36. The molecular formula is C14H13N3O2S3. The van der Waals surface area contributed by atoms with Gasteiger partial charge in [0.25, 0.3) is 5.56 Å². The summed E-state index contributed by atoms with van der Waals surface area (Å²) in [6.45, 7) is 0. The Balaban J connectivity index is 1.85. The molecule has 0 saturated carbocycles. The maximum absolute atomic E-state index is 12.3. The van der Waals surface area contributed by atoms with E-state index in [0.717, 1.165) is 15.3 Å². The van der Waals surface area contributed by atoms with E-state index in [2.05, 4.69) is 9.97 Å². The van der Waals surface area contributed by atoms with Gasteiger partial charge in [-0.1, -0.05) is 17.8 Å². The van der Waals surface area contributed by atoms with Crippen LogP contribution in [0, 0.1) is 0 Å². The number of fused-ring (bicyclic) bond motifs is 1. The molecule has 0 saturated heterocycles. The zero-order chi connectivity index (χ0) is 15.5. The second kappa shape index (κ2) is 6.64. The molecule has 3 aromatic heterocycles. The Bertz CT molecular complexity index is 852. The smallest absolute Gasteiger partial charge is 0.260 e. The van der Waals surface area contributed by atoms with Gasteiger partial charge in [-0.3, -0.25) is 9.59 Å². The number of carbonyl (C=O) groups excluding carboxylic acids is 1. The van der Waals surface area contributed by atoms with Gasteiger partial charge in [0.1, 0.15) is 4.83 Å². The summed E-state index contributed by atoms with van der Waals surface area (Å²) in [6, 6.07) is 3.96. The van der Waals surface area contributed by atoms with Crippen molar-refractivity contribution in [1.82, 2.24) is 9.97 Å². The standard InChI is InChI=1S/C14H13N3O2S3/c15-10(18)4-2-6-21-14-16-12(19)11-8(7-22-13(11)17-14)9-3-1-5-20-9/h1,3,5,7H,2,4,6H2,(H2,15,18)(H,16,17,19). The molecule has 1 amide bonds. The summed E-state index contributed by atoms with van der Waals surface area (Å²) in [5, 5.41) is 5.19. The molecule has 0 spiro atoms. The molecule has 22 heavy (non-hydrogen) atoms. The molecule has 0 radical (unpaired) electrons. The maximum Gasteiger partial charge on any atom is 0.260 e. The third-order valence-corrected chi connectivity index (χ3v) is 5.75. The number of hydrogen-bond donors (Lipinski definition) is 2. The topological polar surface area (TPSA) is 88.8 Å². The van der Waals surface area contributed by atoms with E-state index in [1.54, 1.807) is 11.3 Å². The lowest BCUT2D eigenvalue weighted by molar-refractivity contribution is -0.118. The predicted octanol–water partition coefficient (Wildman–Crippen LogP) is 3.07. The Kier molecular flexibility index (Phi) is 4.60. The van der Waals surface area contributed by atoms with Gasteiger partial charge in [0, 0.05) is 28.0 Å². The fourth-order valence-corrected chi connectivity index (χ4v) is 4.65. The summed E-state index contributed by atoms with van der Waals surface area (Å²) >= 11 is 4.51. The highest BCUT2D eigenvalue weighted by atomic mass is 32.2. The monoisotopic (exact) mass is 351 g/mol. The minimum atomic E-state index is -0.309. The van der Waals surface area contributed by atoms with Gasteiger partial charge in [0.15, 0.2) is 5.16 Å². The largest absolute Gasteiger partial charge is 0.370 e. The number of nitrogens with zero attached hydrogens (tertiary/aromatic N) is 1. The number of aromatic amines is 1. The number of amides is 1. The van der Waals surface area contributed by atoms with Gasteiger partial charge in [-0.05, 0) is 17.9 Å². The second-order valence-electron chi connectivity index (χ2n) is 4.60. The Morgan fingerprint density at radius 1 is 1.41 bits per heavy atom. The van der Waals surface area contributed by atoms with Crippen molar-refractivity contribution in [3.05, 3.63) is 33.2 Å². The van der Waals surface area contributed by atoms with Crippen LogP contribution < -0.4 is 11.3 Å². The first kappa shape index (κ1) is 15.3. The van der Waals surface area contributed by atoms with Crippen LogP contribution in [0.2, 0.25) is 0 Å². The van der Waals surface area contributed by atoms with E-state index in [1.165, 1.54) is 23.1 Å². The molecule has 0 aliphatic rings. The molecule has 0 atom stereocenters. The van der Waals surface area contributed by atoms with Crippen molar-refractivity contribution in [2.45, 2.75) is 18.0 Å². The number of thiophene rings is 2. The van der Waals surface area contributed by atoms with Crippen LogP contribution in [0.15, 0.2) is 32.8 Å². The van der Waals surface area contributed by atoms with Crippen molar-refractivity contribution in [1.29, 1.82) is 0 Å². The summed E-state index contributed by atoms with van der Waals surface area (Å²) in [7, 11) is 0. The fraction of sp³-hybridized carbons (Fsp3) is 0.214. The van der Waals surface area contributed by atoms with Crippen LogP contribution in [0.5, 0.6) is 0 Å². The molecule has 0 aliphatic carbocycles. The molecule has 114 valence electrons. The number of rotatable bonds is 6. The quantitative estimate of drug-likeness (QED) is 0.406. The fourth-order valence-electron chi connectivity index (χ4n) is 2.03. The van der Waals surface area contributed by atoms with Crippen LogP contribution in [0.3, 0.4) is 0 Å². The van der Waals surface area contributed by atoms with E-state index >= 15 is 0 Å². The first-order chi connectivity index (χ1) is 10.6. The molecule has 0 fully saturated rings. The van der Waals surface area contributed by atoms with E-state index < -0.39 is 0 Å². The summed E-state index contributed by atoms with van der Waals surface area (Å²) in [5.74, 6) is 0.386. The lowest BCUT2D eigenvalue weighted by Crippen LogP contribution is -2.11. The molecule has 8 heteroatoms. The minimum absolute atomic E-state index is 0.118. The number of aromatic nitrogens is 2. The normalized spacial score (nSPS) is 11.1. The lowest BCUT2D eigenvalue weighted by Gasteiger charge is -2.01. The van der Waals surface area contributed by atoms with Crippen molar-refractivity contribution in [3.63, 3.8) is 0 Å². The van der Waals surface area contributed by atoms with Crippen molar-refractivity contribution in [3.8, 4) is 10.4 Å². The number of carbonyl (C=O) groups is 1. The van der Waals surface area contributed by atoms with Crippen LogP contribution in [-0.2, 0) is 4.79 Å². The Morgan fingerprint density at radius 2 is 2.27 bits per heavy atom. The molecule has 0 unspecified atom stereocenters. The van der Waals surface area contributed by atoms with Gasteiger partial charge in [-0.2, -0.15) is 0 Å². The molecule has 0 aliphatic heterocycles. The molecule has 0 aromatic carbocycles. The van der Waals surface area contributed by atoms with Gasteiger partial charge in [0.05, 0.1) is 5.39 Å². The zero-order valence-electron chi connectivity index (χ0n) is 11.5. The van der Waals surface area contributed by atoms with Gasteiger partial charge in [-0.25, -0.2) is 4.98 Å². The van der Waals surface area contributed by atoms with Crippen molar-refractivity contribution >= 4 is 50.6 Å². The lowest BCUT2D eigenvalue weighted by atomic mass is 10.2. The zero-order valence-corrected chi connectivity index (χ0v) is 13.9. The number of thioether (sulfide) groups is 1. The number of H-pyrrole nitrogens is 1. The third-order valence-electron chi connectivity index (χ3n) is 3.02. The summed E-state index contributed by atoms with van der Waals surface area (Å²) in [4.78, 5) is 32.2. The SMILES string of the molecule is NC(=O)CCCSc1nc2scc(-c3cccs3)c2c(=O)[nH]1. The highest BCUT2D eigenvalue weighted by Crippen LogP contribution is 2.34. The van der Waals surface area contributed by atoms with Crippen LogP contribution in [0.4, 0.5) is 0 Å². The molecule has 5 nitrogen and oxygen atoms in total. The highest BCUT2D eigenvalue weighted by molar-refractivity contribution is 7.99. The number of nitrogens with one attached hydrogen (secondary N) is 1. The van der Waals surface area contributed by atoms with E-state index in [1.807, 2.05) is 22.9 Å². The Hall–Kier alpha value is -1.64. The van der Waals surface area contributed by atoms with Crippen LogP contribution in [-0.4, -0.2) is 21.6 Å². The van der Waals surface area contributed by atoms with Gasteiger partial charge in [0.2, 0.25) is 5.91 Å². The highest BCUT2D eigenvalue weighted by Gasteiger charge is 2.13. The first-order valence-electron chi connectivity index (χ1n) is 6.61. The number of primary amides is 1. The van der Waals surface area contributed by atoms with Gasteiger partial charge >= 0.3 is 0 Å². The average molecular weight is 351 g/mol. The molecule has 3 N–H and O–H groups in total. The number of nitrogens with two attached hydrogens (primary N) is 1. The van der Waals surface area contributed by atoms with Crippen molar-refractivity contribution < 1.29 is 4.79 Å². The van der Waals surface area contributed by atoms with Crippen molar-refractivity contribution in [2.75, 3.05) is 5.75 Å². The van der Waals surface area contributed by atoms with E-state index in [9.17, 15) is 9.59 Å². The van der Waals surface area contributed by atoms with Crippen LogP contribution in [0.25, 0.3) is 20.7 Å². The Labute approximate surface area is 138 Å². The molecule has 3 rings (SSSR count).